The van der Waals surface area contributed by atoms with Gasteiger partial charge in [-0.25, -0.2) is 8.78 Å². The molecule has 0 aromatic heterocycles. The van der Waals surface area contributed by atoms with E-state index in [4.69, 9.17) is 0 Å². The highest BCUT2D eigenvalue weighted by Crippen LogP contribution is 2.36. The van der Waals surface area contributed by atoms with Crippen molar-refractivity contribution in [1.82, 2.24) is 0 Å². The van der Waals surface area contributed by atoms with E-state index in [0.29, 0.717) is 5.69 Å². The maximum atomic E-state index is 13.0. The zero-order valence-corrected chi connectivity index (χ0v) is 12.1. The first-order valence-electron chi connectivity index (χ1n) is 6.34. The molecule has 1 saturated carbocycles. The number of hydrogen-bond donors (Lipinski definition) is 1. The first-order valence-corrected chi connectivity index (χ1v) is 7.46. The number of halogens is 3. The van der Waals surface area contributed by atoms with E-state index in [9.17, 15) is 13.6 Å². The molecule has 0 heterocycles. The number of benzene rings is 1. The second-order valence-electron chi connectivity index (χ2n) is 4.95. The molecule has 1 N–H and O–H groups in total. The fourth-order valence-electron chi connectivity index (χ4n) is 2.22. The van der Waals surface area contributed by atoms with Crippen molar-refractivity contribution in [1.29, 1.82) is 0 Å². The van der Waals surface area contributed by atoms with Gasteiger partial charge >= 0.3 is 0 Å². The standard InChI is InChI=1S/C14H16BrF2NO/c15-9-10-1-3-12(4-2-10)18-13(19)11-5-7-14(16,17)8-6-11/h1-4,11H,5-9H2,(H,18,19). The summed E-state index contributed by atoms with van der Waals surface area (Å²) in [6, 6.07) is 7.48. The van der Waals surface area contributed by atoms with E-state index >= 15 is 0 Å². The van der Waals surface area contributed by atoms with Crippen LogP contribution in [0.1, 0.15) is 31.2 Å². The molecule has 0 aliphatic heterocycles. The Balaban J connectivity index is 1.90. The molecular weight excluding hydrogens is 316 g/mol. The topological polar surface area (TPSA) is 29.1 Å². The predicted octanol–water partition coefficient (Wildman–Crippen LogP) is 4.35. The molecule has 5 heteroatoms. The third-order valence-electron chi connectivity index (χ3n) is 3.46. The summed E-state index contributed by atoms with van der Waals surface area (Å²) in [6.07, 6.45) is 0.151. The summed E-state index contributed by atoms with van der Waals surface area (Å²) in [6.45, 7) is 0. The lowest BCUT2D eigenvalue weighted by atomic mass is 9.86. The van der Waals surface area contributed by atoms with Crippen molar-refractivity contribution >= 4 is 27.5 Å². The number of alkyl halides is 3. The van der Waals surface area contributed by atoms with Crippen LogP contribution in [0.5, 0.6) is 0 Å². The average Bonchev–Trinajstić information content (AvgIpc) is 2.39. The van der Waals surface area contributed by atoms with Crippen LogP contribution in [0.3, 0.4) is 0 Å². The number of carbonyl (C=O) groups excluding carboxylic acids is 1. The lowest BCUT2D eigenvalue weighted by molar-refractivity contribution is -0.124. The third kappa shape index (κ3) is 4.00. The maximum absolute atomic E-state index is 13.0. The molecule has 19 heavy (non-hydrogen) atoms. The quantitative estimate of drug-likeness (QED) is 0.820. The molecule has 2 rings (SSSR count). The number of nitrogens with one attached hydrogen (secondary N) is 1. The zero-order valence-electron chi connectivity index (χ0n) is 10.5. The van der Waals surface area contributed by atoms with Crippen LogP contribution in [-0.2, 0) is 10.1 Å². The first-order chi connectivity index (χ1) is 9.00. The van der Waals surface area contributed by atoms with Crippen molar-refractivity contribution in [3.63, 3.8) is 0 Å². The second kappa shape index (κ2) is 5.99. The molecule has 0 saturated heterocycles. The van der Waals surface area contributed by atoms with Gasteiger partial charge < -0.3 is 5.32 Å². The Hall–Kier alpha value is -0.970. The smallest absolute Gasteiger partial charge is 0.248 e. The Bertz CT molecular complexity index is 437. The minimum absolute atomic E-state index is 0.151. The first kappa shape index (κ1) is 14.4. The van der Waals surface area contributed by atoms with E-state index in [1.54, 1.807) is 0 Å². The van der Waals surface area contributed by atoms with Gasteiger partial charge in [-0.2, -0.15) is 0 Å². The van der Waals surface area contributed by atoms with E-state index in [-0.39, 0.29) is 37.5 Å². The number of rotatable bonds is 3. The fourth-order valence-corrected chi connectivity index (χ4v) is 2.60. The van der Waals surface area contributed by atoms with Crippen LogP contribution in [-0.4, -0.2) is 11.8 Å². The van der Waals surface area contributed by atoms with E-state index < -0.39 is 5.92 Å². The Kier molecular flexibility index (Phi) is 4.55. The van der Waals surface area contributed by atoms with Gasteiger partial charge in [0.2, 0.25) is 11.8 Å². The predicted molar refractivity (Wildman–Crippen MR) is 74.6 cm³/mol. The lowest BCUT2D eigenvalue weighted by Crippen LogP contribution is -2.31. The molecule has 1 aromatic rings. The van der Waals surface area contributed by atoms with Gasteiger partial charge in [0, 0.05) is 29.8 Å². The normalized spacial score (nSPS) is 19.1. The molecule has 0 unspecified atom stereocenters. The Morgan fingerprint density at radius 3 is 2.37 bits per heavy atom. The maximum Gasteiger partial charge on any atom is 0.248 e. The molecule has 1 fully saturated rings. The summed E-state index contributed by atoms with van der Waals surface area (Å²) in [7, 11) is 0. The minimum atomic E-state index is -2.59. The number of carbonyl (C=O) groups is 1. The van der Waals surface area contributed by atoms with Gasteiger partial charge in [-0.15, -0.1) is 0 Å². The minimum Gasteiger partial charge on any atom is -0.326 e. The number of amides is 1. The lowest BCUT2D eigenvalue weighted by Gasteiger charge is -2.27. The zero-order chi connectivity index (χ0) is 13.9. The van der Waals surface area contributed by atoms with Gasteiger partial charge in [0.05, 0.1) is 0 Å². The van der Waals surface area contributed by atoms with E-state index in [0.717, 1.165) is 10.9 Å². The Morgan fingerprint density at radius 2 is 1.84 bits per heavy atom. The summed E-state index contributed by atoms with van der Waals surface area (Å²) < 4.78 is 26.0. The fraction of sp³-hybridized carbons (Fsp3) is 0.500. The Labute approximate surface area is 119 Å². The van der Waals surface area contributed by atoms with E-state index in [1.165, 1.54) is 0 Å². The van der Waals surface area contributed by atoms with Crippen molar-refractivity contribution in [2.75, 3.05) is 5.32 Å². The van der Waals surface area contributed by atoms with Crippen molar-refractivity contribution in [3.8, 4) is 0 Å². The van der Waals surface area contributed by atoms with E-state index in [2.05, 4.69) is 21.2 Å². The highest BCUT2D eigenvalue weighted by atomic mass is 79.9. The van der Waals surface area contributed by atoms with Gasteiger partial charge in [0.1, 0.15) is 0 Å². The van der Waals surface area contributed by atoms with Crippen LogP contribution in [0.15, 0.2) is 24.3 Å². The molecule has 0 bridgehead atoms. The molecule has 0 radical (unpaired) electrons. The largest absolute Gasteiger partial charge is 0.326 e. The van der Waals surface area contributed by atoms with Crippen LogP contribution in [0.25, 0.3) is 0 Å². The summed E-state index contributed by atoms with van der Waals surface area (Å²) in [5, 5.41) is 3.55. The second-order valence-corrected chi connectivity index (χ2v) is 5.51. The molecular formula is C14H16BrF2NO. The van der Waals surface area contributed by atoms with Crippen molar-refractivity contribution < 1.29 is 13.6 Å². The van der Waals surface area contributed by atoms with Gasteiger partial charge in [0.15, 0.2) is 0 Å². The van der Waals surface area contributed by atoms with Crippen molar-refractivity contribution in [3.05, 3.63) is 29.8 Å². The van der Waals surface area contributed by atoms with Gasteiger partial charge in [0.25, 0.3) is 0 Å². The van der Waals surface area contributed by atoms with Crippen molar-refractivity contribution in [2.45, 2.75) is 36.9 Å². The van der Waals surface area contributed by atoms with Gasteiger partial charge in [-0.3, -0.25) is 4.79 Å². The van der Waals surface area contributed by atoms with Crippen LogP contribution in [0.2, 0.25) is 0 Å². The third-order valence-corrected chi connectivity index (χ3v) is 4.11. The van der Waals surface area contributed by atoms with Crippen LogP contribution < -0.4 is 5.32 Å². The van der Waals surface area contributed by atoms with Crippen LogP contribution >= 0.6 is 15.9 Å². The highest BCUT2D eigenvalue weighted by Gasteiger charge is 2.37. The van der Waals surface area contributed by atoms with Gasteiger partial charge in [-0.05, 0) is 30.5 Å². The average molecular weight is 332 g/mol. The number of hydrogen-bond acceptors (Lipinski definition) is 1. The molecule has 2 nitrogen and oxygen atoms in total. The Morgan fingerprint density at radius 1 is 1.26 bits per heavy atom. The molecule has 1 amide bonds. The molecule has 1 aliphatic carbocycles. The van der Waals surface area contributed by atoms with Crippen molar-refractivity contribution in [2.24, 2.45) is 5.92 Å². The molecule has 0 spiro atoms. The molecule has 104 valence electrons. The summed E-state index contributed by atoms with van der Waals surface area (Å²) in [5.74, 6) is -3.04. The highest BCUT2D eigenvalue weighted by molar-refractivity contribution is 9.08. The SMILES string of the molecule is O=C(Nc1ccc(CBr)cc1)C1CCC(F)(F)CC1. The van der Waals surface area contributed by atoms with Crippen LogP contribution in [0.4, 0.5) is 14.5 Å². The van der Waals surface area contributed by atoms with Crippen LogP contribution in [0, 0.1) is 5.92 Å². The summed E-state index contributed by atoms with van der Waals surface area (Å²) in [5.41, 5.74) is 1.84. The van der Waals surface area contributed by atoms with E-state index in [1.807, 2.05) is 24.3 Å². The summed E-state index contributed by atoms with van der Waals surface area (Å²) in [4.78, 5) is 12.0. The monoisotopic (exact) mass is 331 g/mol. The molecule has 1 aliphatic rings. The molecule has 0 atom stereocenters. The molecule has 1 aromatic carbocycles. The number of anilines is 1. The summed E-state index contributed by atoms with van der Waals surface area (Å²) >= 11 is 3.35. The van der Waals surface area contributed by atoms with Gasteiger partial charge in [-0.1, -0.05) is 28.1 Å².